The molecule has 0 saturated heterocycles. The second-order valence-corrected chi connectivity index (χ2v) is 8.31. The van der Waals surface area contributed by atoms with Crippen LogP contribution in [-0.4, -0.2) is 15.5 Å². The van der Waals surface area contributed by atoms with E-state index in [0.29, 0.717) is 11.4 Å². The normalized spacial score (nSPS) is 11.6. The Morgan fingerprint density at radius 1 is 1.00 bits per heavy atom. The first kappa shape index (κ1) is 20.9. The Balaban J connectivity index is 2.02. The summed E-state index contributed by atoms with van der Waals surface area (Å²) in [6, 6.07) is 19.8. The highest BCUT2D eigenvalue weighted by Crippen LogP contribution is 2.28. The van der Waals surface area contributed by atoms with Crippen LogP contribution in [0.3, 0.4) is 0 Å². The van der Waals surface area contributed by atoms with Crippen LogP contribution >= 0.6 is 11.6 Å². The van der Waals surface area contributed by atoms with Gasteiger partial charge in [-0.2, -0.15) is 0 Å². The van der Waals surface area contributed by atoms with Gasteiger partial charge in [0.25, 0.3) is 10.0 Å². The molecule has 3 aromatic rings. The molecule has 0 saturated carbocycles. The first-order valence-corrected chi connectivity index (χ1v) is 10.6. The van der Waals surface area contributed by atoms with Crippen LogP contribution in [-0.2, 0) is 16.6 Å². The Hall–Kier alpha value is -2.83. The van der Waals surface area contributed by atoms with Gasteiger partial charge < -0.3 is 4.74 Å². The number of anilines is 1. The van der Waals surface area contributed by atoms with E-state index in [2.05, 4.69) is 0 Å². The van der Waals surface area contributed by atoms with E-state index in [4.69, 9.17) is 16.3 Å². The van der Waals surface area contributed by atoms with Gasteiger partial charge in [0.1, 0.15) is 11.6 Å². The number of ether oxygens (including phenoxy) is 1. The van der Waals surface area contributed by atoms with Gasteiger partial charge in [-0.15, -0.1) is 0 Å². The molecule has 4 nitrogen and oxygen atoms in total. The lowest BCUT2D eigenvalue weighted by molar-refractivity contribution is 0.415. The zero-order valence-corrected chi connectivity index (χ0v) is 17.2. The number of benzene rings is 3. The SMILES string of the molecule is COc1ccc(N(Cc2c(F)cccc2Cl)S(=O)(=O)/C=C/c2ccccc2)cc1. The monoisotopic (exact) mass is 431 g/mol. The van der Waals surface area contributed by atoms with E-state index in [1.54, 1.807) is 36.4 Å². The van der Waals surface area contributed by atoms with E-state index < -0.39 is 15.8 Å². The van der Waals surface area contributed by atoms with Crippen LogP contribution in [0.5, 0.6) is 5.75 Å². The Bertz CT molecular complexity index is 1080. The lowest BCUT2D eigenvalue weighted by Gasteiger charge is -2.24. The third-order valence-corrected chi connectivity index (χ3v) is 6.05. The zero-order valence-electron chi connectivity index (χ0n) is 15.6. The van der Waals surface area contributed by atoms with Gasteiger partial charge in [0.05, 0.1) is 24.7 Å². The number of nitrogens with zero attached hydrogens (tertiary/aromatic N) is 1. The summed E-state index contributed by atoms with van der Waals surface area (Å²) in [5.41, 5.74) is 1.19. The fourth-order valence-corrected chi connectivity index (χ4v) is 4.13. The van der Waals surface area contributed by atoms with Crippen LogP contribution < -0.4 is 9.04 Å². The maximum Gasteiger partial charge on any atom is 0.257 e. The predicted molar refractivity (Wildman–Crippen MR) is 115 cm³/mol. The maximum atomic E-state index is 14.3. The number of hydrogen-bond acceptors (Lipinski definition) is 3. The summed E-state index contributed by atoms with van der Waals surface area (Å²) in [6.45, 7) is -0.251. The molecule has 0 N–H and O–H groups in total. The van der Waals surface area contributed by atoms with E-state index in [1.807, 2.05) is 18.2 Å². The van der Waals surface area contributed by atoms with Crippen LogP contribution in [0.1, 0.15) is 11.1 Å². The molecule has 0 aliphatic heterocycles. The molecular formula is C22H19ClFNO3S. The van der Waals surface area contributed by atoms with Crippen molar-refractivity contribution in [3.63, 3.8) is 0 Å². The molecule has 0 aromatic heterocycles. The summed E-state index contributed by atoms with van der Waals surface area (Å²) in [5.74, 6) is 0.00750. The summed E-state index contributed by atoms with van der Waals surface area (Å²) in [4.78, 5) is 0. The molecule has 0 aliphatic carbocycles. The molecular weight excluding hydrogens is 413 g/mol. The van der Waals surface area contributed by atoms with E-state index in [1.165, 1.54) is 31.4 Å². The van der Waals surface area contributed by atoms with Crippen molar-refractivity contribution in [2.75, 3.05) is 11.4 Å². The van der Waals surface area contributed by atoms with Crippen LogP contribution in [0.25, 0.3) is 6.08 Å². The smallest absolute Gasteiger partial charge is 0.257 e. The van der Waals surface area contributed by atoms with E-state index in [-0.39, 0.29) is 17.1 Å². The van der Waals surface area contributed by atoms with Crippen molar-refractivity contribution in [2.45, 2.75) is 6.54 Å². The summed E-state index contributed by atoms with van der Waals surface area (Å²) in [7, 11) is -2.42. The Morgan fingerprint density at radius 2 is 1.69 bits per heavy atom. The third-order valence-electron chi connectivity index (χ3n) is 4.26. The van der Waals surface area contributed by atoms with Crippen LogP contribution in [0, 0.1) is 5.82 Å². The summed E-state index contributed by atoms with van der Waals surface area (Å²) in [5, 5.41) is 1.26. The molecule has 0 atom stereocenters. The number of hydrogen-bond donors (Lipinski definition) is 0. The number of halogens is 2. The average Bonchev–Trinajstić information content (AvgIpc) is 2.73. The molecule has 7 heteroatoms. The first-order valence-electron chi connectivity index (χ1n) is 8.73. The second-order valence-electron chi connectivity index (χ2n) is 6.16. The highest BCUT2D eigenvalue weighted by Gasteiger charge is 2.23. The Morgan fingerprint density at radius 3 is 2.31 bits per heavy atom. The highest BCUT2D eigenvalue weighted by atomic mass is 35.5. The molecule has 0 bridgehead atoms. The number of sulfonamides is 1. The summed E-state index contributed by atoms with van der Waals surface area (Å²) < 4.78 is 46.8. The van der Waals surface area contributed by atoms with Crippen LogP contribution in [0.15, 0.2) is 78.2 Å². The van der Waals surface area contributed by atoms with Crippen LogP contribution in [0.2, 0.25) is 5.02 Å². The van der Waals surface area contributed by atoms with E-state index in [9.17, 15) is 12.8 Å². The molecule has 3 rings (SSSR count). The van der Waals surface area contributed by atoms with Crippen molar-refractivity contribution in [3.8, 4) is 5.75 Å². The van der Waals surface area contributed by atoms with Crippen molar-refractivity contribution in [1.29, 1.82) is 0 Å². The lowest BCUT2D eigenvalue weighted by atomic mass is 10.2. The largest absolute Gasteiger partial charge is 0.497 e. The Kier molecular flexibility index (Phi) is 6.56. The number of rotatable bonds is 7. The molecule has 0 heterocycles. The highest BCUT2D eigenvalue weighted by molar-refractivity contribution is 7.95. The molecule has 0 amide bonds. The van der Waals surface area contributed by atoms with Gasteiger partial charge in [0, 0.05) is 10.6 Å². The fourth-order valence-electron chi connectivity index (χ4n) is 2.71. The quantitative estimate of drug-likeness (QED) is 0.496. The minimum Gasteiger partial charge on any atom is -0.497 e. The van der Waals surface area contributed by atoms with Crippen molar-refractivity contribution in [3.05, 3.63) is 100 Å². The van der Waals surface area contributed by atoms with Crippen molar-refractivity contribution in [2.24, 2.45) is 0 Å². The van der Waals surface area contributed by atoms with Crippen molar-refractivity contribution in [1.82, 2.24) is 0 Å². The third kappa shape index (κ3) is 5.16. The summed E-state index contributed by atoms with van der Waals surface area (Å²) in [6.07, 6.45) is 1.49. The first-order chi connectivity index (χ1) is 13.9. The Labute approximate surface area is 174 Å². The van der Waals surface area contributed by atoms with Gasteiger partial charge in [-0.3, -0.25) is 4.31 Å². The molecule has 0 fully saturated rings. The molecule has 0 unspecified atom stereocenters. The molecule has 0 spiro atoms. The molecule has 0 radical (unpaired) electrons. The zero-order chi connectivity index (χ0) is 20.9. The molecule has 150 valence electrons. The van der Waals surface area contributed by atoms with Crippen molar-refractivity contribution < 1.29 is 17.5 Å². The maximum absolute atomic E-state index is 14.3. The van der Waals surface area contributed by atoms with Gasteiger partial charge in [0.15, 0.2) is 0 Å². The lowest BCUT2D eigenvalue weighted by Crippen LogP contribution is -2.29. The topological polar surface area (TPSA) is 46.6 Å². The van der Waals surface area contributed by atoms with Gasteiger partial charge in [0.2, 0.25) is 0 Å². The predicted octanol–water partition coefficient (Wildman–Crippen LogP) is 5.50. The number of methoxy groups -OCH3 is 1. The standard InChI is InChI=1S/C22H19ClFNO3S/c1-28-19-12-10-18(11-13-19)25(16-20-21(23)8-5-9-22(20)24)29(26,27)15-14-17-6-3-2-4-7-17/h2-15H,16H2,1H3/b15-14+. The van der Waals surface area contributed by atoms with Gasteiger partial charge >= 0.3 is 0 Å². The summed E-state index contributed by atoms with van der Waals surface area (Å²) >= 11 is 6.13. The second kappa shape index (κ2) is 9.11. The molecule has 3 aromatic carbocycles. The minimum absolute atomic E-state index is 0.0988. The van der Waals surface area contributed by atoms with Crippen molar-refractivity contribution >= 4 is 33.4 Å². The molecule has 29 heavy (non-hydrogen) atoms. The fraction of sp³-hybridized carbons (Fsp3) is 0.0909. The molecule has 0 aliphatic rings. The van der Waals surface area contributed by atoms with Gasteiger partial charge in [-0.25, -0.2) is 12.8 Å². The van der Waals surface area contributed by atoms with Gasteiger partial charge in [-0.05, 0) is 48.0 Å². The minimum atomic E-state index is -3.94. The van der Waals surface area contributed by atoms with E-state index >= 15 is 0 Å². The van der Waals surface area contributed by atoms with Gasteiger partial charge in [-0.1, -0.05) is 48.0 Å². The van der Waals surface area contributed by atoms with Crippen LogP contribution in [0.4, 0.5) is 10.1 Å². The van der Waals surface area contributed by atoms with E-state index in [0.717, 1.165) is 15.3 Å². The average molecular weight is 432 g/mol.